The Morgan fingerprint density at radius 2 is 1.94 bits per heavy atom. The summed E-state index contributed by atoms with van der Waals surface area (Å²) in [5, 5.41) is 14.4. The van der Waals surface area contributed by atoms with E-state index in [9.17, 15) is 4.79 Å². The van der Waals surface area contributed by atoms with Crippen LogP contribution in [0.1, 0.15) is 25.7 Å². The summed E-state index contributed by atoms with van der Waals surface area (Å²) in [6.07, 6.45) is 5.34. The Morgan fingerprint density at radius 1 is 1.12 bits per heavy atom. The van der Waals surface area contributed by atoms with E-state index in [0.717, 1.165) is 55.2 Å². The van der Waals surface area contributed by atoms with Gasteiger partial charge in [-0.3, -0.25) is 9.89 Å². The average Bonchev–Trinajstić information content (AvgIpc) is 3.33. The third-order valence-electron chi connectivity index (χ3n) is 6.32. The van der Waals surface area contributed by atoms with Gasteiger partial charge >= 0.3 is 0 Å². The number of fused-ring (bicyclic) bond motifs is 1. The lowest BCUT2D eigenvalue weighted by molar-refractivity contribution is -0.125. The van der Waals surface area contributed by atoms with Gasteiger partial charge in [-0.25, -0.2) is 0 Å². The number of benzene rings is 1. The number of hydrogen-bond donors (Lipinski definition) is 3. The molecule has 1 saturated heterocycles. The molecular formula is C22H28N8O2. The standard InChI is InChI=1S/C22H28N8O2/c1-23-20(31)14-5-7-15(8-6-14)25-21-26-19(16-3-2-4-18-17(16)13-24-29-18)27-22(28-21)30-9-11-32-12-10-30/h2-4,13-15H,5-12H2,1H3,(H,23,31)(H,24,29)(H,25,26,27,28)/t14-,15+. The number of carbonyl (C=O) groups is 1. The Balaban J connectivity index is 1.44. The number of nitrogens with one attached hydrogen (secondary N) is 3. The van der Waals surface area contributed by atoms with Crippen molar-refractivity contribution >= 4 is 28.7 Å². The largest absolute Gasteiger partial charge is 0.378 e. The highest BCUT2D eigenvalue weighted by Gasteiger charge is 2.27. The van der Waals surface area contributed by atoms with Crippen molar-refractivity contribution in [3.05, 3.63) is 24.4 Å². The van der Waals surface area contributed by atoms with Crippen LogP contribution in [-0.4, -0.2) is 70.4 Å². The Hall–Kier alpha value is -3.27. The van der Waals surface area contributed by atoms with Crippen LogP contribution in [0.2, 0.25) is 0 Å². The van der Waals surface area contributed by atoms with Gasteiger partial charge in [-0.1, -0.05) is 12.1 Å². The highest BCUT2D eigenvalue weighted by atomic mass is 16.5. The minimum absolute atomic E-state index is 0.0922. The number of anilines is 2. The molecule has 1 aromatic carbocycles. The number of aromatic nitrogens is 5. The zero-order valence-electron chi connectivity index (χ0n) is 18.2. The number of amides is 1. The molecular weight excluding hydrogens is 408 g/mol. The molecule has 0 radical (unpaired) electrons. The lowest BCUT2D eigenvalue weighted by atomic mass is 9.85. The van der Waals surface area contributed by atoms with Crippen molar-refractivity contribution in [3.8, 4) is 11.4 Å². The van der Waals surface area contributed by atoms with E-state index in [1.54, 1.807) is 13.2 Å². The molecule has 0 atom stereocenters. The number of nitrogens with zero attached hydrogens (tertiary/aromatic N) is 5. The summed E-state index contributed by atoms with van der Waals surface area (Å²) < 4.78 is 5.50. The van der Waals surface area contributed by atoms with E-state index in [-0.39, 0.29) is 17.9 Å². The minimum Gasteiger partial charge on any atom is -0.378 e. The number of morpholine rings is 1. The van der Waals surface area contributed by atoms with Crippen LogP contribution in [0, 0.1) is 5.92 Å². The van der Waals surface area contributed by atoms with E-state index < -0.39 is 0 Å². The van der Waals surface area contributed by atoms with Crippen molar-refractivity contribution in [2.45, 2.75) is 31.7 Å². The number of H-pyrrole nitrogens is 1. The van der Waals surface area contributed by atoms with E-state index in [1.807, 2.05) is 18.2 Å². The SMILES string of the molecule is CNC(=O)[C@H]1CC[C@@H](Nc2nc(-c3cccc4[nH]ncc34)nc(N3CCOCC3)n2)CC1. The highest BCUT2D eigenvalue weighted by Crippen LogP contribution is 2.29. The molecule has 1 aliphatic carbocycles. The molecule has 5 rings (SSSR count). The van der Waals surface area contributed by atoms with Crippen LogP contribution in [0.3, 0.4) is 0 Å². The lowest BCUT2D eigenvalue weighted by Gasteiger charge is -2.29. The fourth-order valence-corrected chi connectivity index (χ4v) is 4.50. The highest BCUT2D eigenvalue weighted by molar-refractivity contribution is 5.92. The molecule has 32 heavy (non-hydrogen) atoms. The number of aromatic amines is 1. The molecule has 0 bridgehead atoms. The van der Waals surface area contributed by atoms with Gasteiger partial charge in [-0.2, -0.15) is 20.1 Å². The van der Waals surface area contributed by atoms with Crippen molar-refractivity contribution < 1.29 is 9.53 Å². The number of ether oxygens (including phenoxy) is 1. The van der Waals surface area contributed by atoms with E-state index in [4.69, 9.17) is 19.7 Å². The van der Waals surface area contributed by atoms with Crippen LogP contribution >= 0.6 is 0 Å². The van der Waals surface area contributed by atoms with E-state index in [1.165, 1.54) is 0 Å². The number of rotatable bonds is 5. The first-order valence-electron chi connectivity index (χ1n) is 11.2. The van der Waals surface area contributed by atoms with Crippen molar-refractivity contribution in [1.29, 1.82) is 0 Å². The van der Waals surface area contributed by atoms with Crippen LogP contribution < -0.4 is 15.5 Å². The number of carbonyl (C=O) groups excluding carboxylic acids is 1. The predicted octanol–water partition coefficient (Wildman–Crippen LogP) is 1.97. The van der Waals surface area contributed by atoms with Crippen molar-refractivity contribution in [3.63, 3.8) is 0 Å². The quantitative estimate of drug-likeness (QED) is 0.555. The molecule has 1 saturated carbocycles. The minimum atomic E-state index is 0.0922. The van der Waals surface area contributed by atoms with E-state index in [0.29, 0.717) is 30.9 Å². The second kappa shape index (κ2) is 9.07. The van der Waals surface area contributed by atoms with Gasteiger partial charge in [0.1, 0.15) is 0 Å². The summed E-state index contributed by atoms with van der Waals surface area (Å²) in [6.45, 7) is 2.81. The third kappa shape index (κ3) is 4.22. The first-order chi connectivity index (χ1) is 15.7. The van der Waals surface area contributed by atoms with Gasteiger partial charge in [0.25, 0.3) is 0 Å². The van der Waals surface area contributed by atoms with Crippen LogP contribution in [0.4, 0.5) is 11.9 Å². The maximum absolute atomic E-state index is 12.0. The van der Waals surface area contributed by atoms with E-state index >= 15 is 0 Å². The molecule has 2 aromatic heterocycles. The molecule has 3 aromatic rings. The first-order valence-corrected chi connectivity index (χ1v) is 11.2. The molecule has 2 aliphatic rings. The van der Waals surface area contributed by atoms with Crippen LogP contribution in [0.15, 0.2) is 24.4 Å². The van der Waals surface area contributed by atoms with Crippen LogP contribution in [0.5, 0.6) is 0 Å². The molecule has 1 aliphatic heterocycles. The summed E-state index contributed by atoms with van der Waals surface area (Å²) >= 11 is 0. The predicted molar refractivity (Wildman–Crippen MR) is 121 cm³/mol. The van der Waals surface area contributed by atoms with Gasteiger partial charge in [-0.05, 0) is 31.7 Å². The second-order valence-electron chi connectivity index (χ2n) is 8.33. The van der Waals surface area contributed by atoms with Gasteiger partial charge in [-0.15, -0.1) is 0 Å². The monoisotopic (exact) mass is 436 g/mol. The van der Waals surface area contributed by atoms with Gasteiger partial charge in [0.15, 0.2) is 5.82 Å². The molecule has 2 fully saturated rings. The Morgan fingerprint density at radius 3 is 2.72 bits per heavy atom. The summed E-state index contributed by atoms with van der Waals surface area (Å²) in [5.41, 5.74) is 1.86. The zero-order chi connectivity index (χ0) is 21.9. The molecule has 10 nitrogen and oxygen atoms in total. The van der Waals surface area contributed by atoms with Gasteiger partial charge in [0.2, 0.25) is 17.8 Å². The smallest absolute Gasteiger partial charge is 0.230 e. The maximum atomic E-state index is 12.0. The summed E-state index contributed by atoms with van der Waals surface area (Å²) in [6, 6.07) is 6.20. The van der Waals surface area contributed by atoms with Gasteiger partial charge in [0, 0.05) is 43.0 Å². The van der Waals surface area contributed by atoms with Gasteiger partial charge in [0.05, 0.1) is 24.9 Å². The lowest BCUT2D eigenvalue weighted by Crippen LogP contribution is -2.38. The normalized spacial score (nSPS) is 21.5. The summed E-state index contributed by atoms with van der Waals surface area (Å²) in [5.74, 6) is 2.07. The fourth-order valence-electron chi connectivity index (χ4n) is 4.50. The Kier molecular flexibility index (Phi) is 5.85. The van der Waals surface area contributed by atoms with Crippen LogP contribution in [0.25, 0.3) is 22.3 Å². The van der Waals surface area contributed by atoms with Gasteiger partial charge < -0.3 is 20.3 Å². The topological polar surface area (TPSA) is 121 Å². The number of hydrogen-bond acceptors (Lipinski definition) is 8. The van der Waals surface area contributed by atoms with Crippen molar-refractivity contribution in [1.82, 2.24) is 30.5 Å². The Labute approximate surface area is 186 Å². The zero-order valence-corrected chi connectivity index (χ0v) is 18.2. The van der Waals surface area contributed by atoms with Crippen molar-refractivity contribution in [2.24, 2.45) is 5.92 Å². The van der Waals surface area contributed by atoms with E-state index in [2.05, 4.69) is 25.7 Å². The molecule has 0 spiro atoms. The Bertz CT molecular complexity index is 1090. The fraction of sp³-hybridized carbons (Fsp3) is 0.500. The summed E-state index contributed by atoms with van der Waals surface area (Å²) in [7, 11) is 1.70. The molecule has 168 valence electrons. The summed E-state index contributed by atoms with van der Waals surface area (Å²) in [4.78, 5) is 28.4. The molecule has 3 heterocycles. The van der Waals surface area contributed by atoms with Crippen LogP contribution in [-0.2, 0) is 9.53 Å². The first kappa shape index (κ1) is 20.6. The van der Waals surface area contributed by atoms with Crippen molar-refractivity contribution in [2.75, 3.05) is 43.6 Å². The molecule has 10 heteroatoms. The average molecular weight is 437 g/mol. The molecule has 1 amide bonds. The molecule has 3 N–H and O–H groups in total. The third-order valence-corrected chi connectivity index (χ3v) is 6.32. The maximum Gasteiger partial charge on any atom is 0.230 e. The molecule has 0 unspecified atom stereocenters. The second-order valence-corrected chi connectivity index (χ2v) is 8.33.